The highest BCUT2D eigenvalue weighted by atomic mass is 32.1. The molecule has 2 heterocycles. The molecule has 0 bridgehead atoms. The highest BCUT2D eigenvalue weighted by Gasteiger charge is 2.23. The van der Waals surface area contributed by atoms with E-state index in [1.807, 2.05) is 48.5 Å². The molecule has 0 fully saturated rings. The minimum absolute atomic E-state index is 0.711. The number of anilines is 1. The van der Waals surface area contributed by atoms with E-state index in [1.54, 1.807) is 25.6 Å². The van der Waals surface area contributed by atoms with Gasteiger partial charge in [0.1, 0.15) is 5.01 Å². The zero-order valence-corrected chi connectivity index (χ0v) is 17.4. The Morgan fingerprint density at radius 1 is 1.11 bits per heavy atom. The van der Waals surface area contributed by atoms with E-state index in [0.717, 1.165) is 52.3 Å². The lowest BCUT2D eigenvalue weighted by Gasteiger charge is -2.28. The molecule has 0 aliphatic carbocycles. The number of thiazole rings is 1. The van der Waals surface area contributed by atoms with Crippen LogP contribution in [0.5, 0.6) is 11.5 Å². The first-order valence-electron chi connectivity index (χ1n) is 9.00. The minimum Gasteiger partial charge on any atom is -0.493 e. The van der Waals surface area contributed by atoms with Gasteiger partial charge in [-0.2, -0.15) is 0 Å². The first-order chi connectivity index (χ1) is 13.7. The summed E-state index contributed by atoms with van der Waals surface area (Å²) in [6, 6.07) is 15.9. The Hall–Kier alpha value is -2.64. The molecular formula is C21H21N3O2S2. The summed E-state index contributed by atoms with van der Waals surface area (Å²) in [7, 11) is 3.29. The van der Waals surface area contributed by atoms with Crippen LogP contribution >= 0.6 is 23.6 Å². The van der Waals surface area contributed by atoms with Crippen LogP contribution in [0.15, 0.2) is 48.5 Å². The van der Waals surface area contributed by atoms with Gasteiger partial charge in [0.15, 0.2) is 16.6 Å². The predicted molar refractivity (Wildman–Crippen MR) is 117 cm³/mol. The fourth-order valence-electron chi connectivity index (χ4n) is 3.19. The van der Waals surface area contributed by atoms with Crippen LogP contribution in [0.1, 0.15) is 10.6 Å². The quantitative estimate of drug-likeness (QED) is 0.634. The molecule has 1 aromatic heterocycles. The molecule has 0 unspecified atom stereocenters. The van der Waals surface area contributed by atoms with E-state index in [2.05, 4.69) is 10.2 Å². The largest absolute Gasteiger partial charge is 0.493 e. The standard InChI is InChI=1S/C21H21N3O2S2/c1-25-17-9-8-14(12-18(17)26-2)20-23-16-10-11-24(13-19(16)28-20)21(27)22-15-6-4-3-5-7-15/h3-9,12H,10-11,13H2,1-2H3,(H,22,27). The van der Waals surface area contributed by atoms with Crippen molar-refractivity contribution in [2.45, 2.75) is 13.0 Å². The molecule has 0 amide bonds. The van der Waals surface area contributed by atoms with Crippen LogP contribution in [-0.2, 0) is 13.0 Å². The van der Waals surface area contributed by atoms with Crippen molar-refractivity contribution in [2.75, 3.05) is 26.1 Å². The van der Waals surface area contributed by atoms with Crippen LogP contribution in [0.4, 0.5) is 5.69 Å². The summed E-state index contributed by atoms with van der Waals surface area (Å²) in [5.74, 6) is 1.43. The molecule has 0 spiro atoms. The Labute approximate surface area is 173 Å². The number of hydrogen-bond acceptors (Lipinski definition) is 5. The fraction of sp³-hybridized carbons (Fsp3) is 0.238. The average Bonchev–Trinajstić information content (AvgIpc) is 3.17. The number of fused-ring (bicyclic) bond motifs is 1. The van der Waals surface area contributed by atoms with E-state index >= 15 is 0 Å². The second-order valence-electron chi connectivity index (χ2n) is 6.43. The minimum atomic E-state index is 0.711. The van der Waals surface area contributed by atoms with Gasteiger partial charge in [0, 0.05) is 29.1 Å². The number of para-hydroxylation sites is 1. The Balaban J connectivity index is 1.51. The van der Waals surface area contributed by atoms with Crippen molar-refractivity contribution in [3.63, 3.8) is 0 Å². The van der Waals surface area contributed by atoms with Gasteiger partial charge >= 0.3 is 0 Å². The summed E-state index contributed by atoms with van der Waals surface area (Å²) >= 11 is 7.33. The number of nitrogens with zero attached hydrogens (tertiary/aromatic N) is 2. The maximum atomic E-state index is 5.61. The van der Waals surface area contributed by atoms with E-state index in [0.29, 0.717) is 5.75 Å². The van der Waals surface area contributed by atoms with Crippen molar-refractivity contribution in [3.05, 3.63) is 59.1 Å². The molecule has 1 aliphatic rings. The van der Waals surface area contributed by atoms with Crippen molar-refractivity contribution in [3.8, 4) is 22.1 Å². The van der Waals surface area contributed by atoms with Gasteiger partial charge in [0.2, 0.25) is 0 Å². The predicted octanol–water partition coefficient (Wildman–Crippen LogP) is 4.58. The molecule has 4 rings (SSSR count). The zero-order valence-electron chi connectivity index (χ0n) is 15.8. The van der Waals surface area contributed by atoms with E-state index in [-0.39, 0.29) is 0 Å². The van der Waals surface area contributed by atoms with Crippen LogP contribution in [0.3, 0.4) is 0 Å². The molecule has 144 valence electrons. The molecule has 7 heteroatoms. The lowest BCUT2D eigenvalue weighted by molar-refractivity contribution is 0.355. The maximum absolute atomic E-state index is 5.61. The number of hydrogen-bond donors (Lipinski definition) is 1. The van der Waals surface area contributed by atoms with Gasteiger partial charge in [-0.15, -0.1) is 11.3 Å². The summed E-state index contributed by atoms with van der Waals surface area (Å²) in [6.45, 7) is 1.64. The van der Waals surface area contributed by atoms with Crippen LogP contribution in [0.2, 0.25) is 0 Å². The van der Waals surface area contributed by atoms with Crippen LogP contribution in [-0.4, -0.2) is 35.8 Å². The van der Waals surface area contributed by atoms with E-state index in [9.17, 15) is 0 Å². The number of ether oxygens (including phenoxy) is 2. The molecule has 1 aliphatic heterocycles. The first-order valence-corrected chi connectivity index (χ1v) is 10.2. The molecule has 5 nitrogen and oxygen atoms in total. The van der Waals surface area contributed by atoms with Crippen LogP contribution in [0, 0.1) is 0 Å². The molecular weight excluding hydrogens is 390 g/mol. The van der Waals surface area contributed by atoms with E-state index < -0.39 is 0 Å². The summed E-state index contributed by atoms with van der Waals surface area (Å²) in [6.07, 6.45) is 0.885. The molecule has 0 saturated carbocycles. The smallest absolute Gasteiger partial charge is 0.173 e. The molecule has 0 saturated heterocycles. The molecule has 1 N–H and O–H groups in total. The van der Waals surface area contributed by atoms with Gasteiger partial charge in [0.25, 0.3) is 0 Å². The van der Waals surface area contributed by atoms with Crippen molar-refractivity contribution >= 4 is 34.4 Å². The lowest BCUT2D eigenvalue weighted by Crippen LogP contribution is -2.38. The SMILES string of the molecule is COc1ccc(-c2nc3c(s2)CN(C(=S)Nc2ccccc2)CC3)cc1OC. The normalized spacial score (nSPS) is 13.0. The zero-order chi connectivity index (χ0) is 19.5. The van der Waals surface area contributed by atoms with Crippen molar-refractivity contribution in [2.24, 2.45) is 0 Å². The van der Waals surface area contributed by atoms with Crippen molar-refractivity contribution in [1.82, 2.24) is 9.88 Å². The summed E-state index contributed by atoms with van der Waals surface area (Å²) in [4.78, 5) is 8.31. The number of aromatic nitrogens is 1. The summed E-state index contributed by atoms with van der Waals surface area (Å²) < 4.78 is 10.8. The van der Waals surface area contributed by atoms with E-state index in [1.165, 1.54) is 4.88 Å². The average molecular weight is 412 g/mol. The number of methoxy groups -OCH3 is 2. The molecule has 0 radical (unpaired) electrons. The highest BCUT2D eigenvalue weighted by Crippen LogP contribution is 2.36. The van der Waals surface area contributed by atoms with Crippen LogP contribution in [0.25, 0.3) is 10.6 Å². The maximum Gasteiger partial charge on any atom is 0.173 e. The van der Waals surface area contributed by atoms with Gasteiger partial charge in [-0.3, -0.25) is 0 Å². The van der Waals surface area contributed by atoms with Crippen molar-refractivity contribution < 1.29 is 9.47 Å². The number of nitrogens with one attached hydrogen (secondary N) is 1. The van der Waals surface area contributed by atoms with Gasteiger partial charge in [-0.05, 0) is 42.5 Å². The Kier molecular flexibility index (Phi) is 5.45. The molecule has 3 aromatic rings. The molecule has 0 atom stereocenters. The Bertz CT molecular complexity index is 989. The monoisotopic (exact) mass is 411 g/mol. The van der Waals surface area contributed by atoms with Gasteiger partial charge in [0.05, 0.1) is 26.5 Å². The first kappa shape index (κ1) is 18.7. The van der Waals surface area contributed by atoms with Gasteiger partial charge in [-0.25, -0.2) is 4.98 Å². The van der Waals surface area contributed by atoms with E-state index in [4.69, 9.17) is 26.7 Å². The molecule has 28 heavy (non-hydrogen) atoms. The number of benzene rings is 2. The van der Waals surface area contributed by atoms with Crippen LogP contribution < -0.4 is 14.8 Å². The van der Waals surface area contributed by atoms with Gasteiger partial charge in [-0.1, -0.05) is 18.2 Å². The topological polar surface area (TPSA) is 46.6 Å². The third-order valence-electron chi connectivity index (χ3n) is 4.67. The summed E-state index contributed by atoms with van der Waals surface area (Å²) in [5.41, 5.74) is 3.20. The lowest BCUT2D eigenvalue weighted by atomic mass is 10.2. The number of rotatable bonds is 4. The van der Waals surface area contributed by atoms with Gasteiger partial charge < -0.3 is 19.7 Å². The van der Waals surface area contributed by atoms with Crippen molar-refractivity contribution in [1.29, 1.82) is 0 Å². The molecule has 2 aromatic carbocycles. The Morgan fingerprint density at radius 2 is 1.89 bits per heavy atom. The second kappa shape index (κ2) is 8.16. The fourth-order valence-corrected chi connectivity index (χ4v) is 4.58. The second-order valence-corrected chi connectivity index (χ2v) is 7.90. The third-order valence-corrected chi connectivity index (χ3v) is 6.17. The highest BCUT2D eigenvalue weighted by molar-refractivity contribution is 7.80. The Morgan fingerprint density at radius 3 is 2.64 bits per heavy atom. The third kappa shape index (κ3) is 3.81. The number of thiocarbonyl (C=S) groups is 1. The summed E-state index contributed by atoms with van der Waals surface area (Å²) in [5, 5.41) is 5.06.